The van der Waals surface area contributed by atoms with E-state index in [0.29, 0.717) is 15.7 Å². The number of rotatable bonds is 6. The van der Waals surface area contributed by atoms with Crippen LogP contribution in [-0.2, 0) is 11.3 Å². The van der Waals surface area contributed by atoms with Crippen LogP contribution in [0.4, 0.5) is 5.69 Å². The second-order valence-corrected chi connectivity index (χ2v) is 7.12. The summed E-state index contributed by atoms with van der Waals surface area (Å²) >= 11 is 1.34. The molecule has 29 heavy (non-hydrogen) atoms. The first-order chi connectivity index (χ1) is 14.0. The molecule has 3 rings (SSSR count). The third kappa shape index (κ3) is 5.20. The second kappa shape index (κ2) is 9.02. The topological polar surface area (TPSA) is 139 Å². The van der Waals surface area contributed by atoms with Crippen molar-refractivity contribution in [3.8, 4) is 16.3 Å². The fourth-order valence-corrected chi connectivity index (χ4v) is 3.17. The van der Waals surface area contributed by atoms with Crippen LogP contribution in [0, 0.1) is 13.8 Å². The number of hydrogen-bond donors (Lipinski definition) is 3. The fourth-order valence-electron chi connectivity index (χ4n) is 2.39. The number of aromatic nitrogens is 3. The van der Waals surface area contributed by atoms with E-state index in [1.165, 1.54) is 17.6 Å². The van der Waals surface area contributed by atoms with E-state index in [1.807, 2.05) is 26.0 Å². The predicted molar refractivity (Wildman–Crippen MR) is 112 cm³/mol. The molecule has 9 nitrogen and oxygen atoms in total. The first-order valence-electron chi connectivity index (χ1n) is 8.62. The zero-order valence-electron chi connectivity index (χ0n) is 15.8. The first-order valence-corrected chi connectivity index (χ1v) is 9.44. The van der Waals surface area contributed by atoms with E-state index in [9.17, 15) is 9.90 Å². The molecule has 1 aromatic carbocycles. The van der Waals surface area contributed by atoms with E-state index in [2.05, 4.69) is 30.6 Å². The zero-order valence-corrected chi connectivity index (χ0v) is 16.6. The van der Waals surface area contributed by atoms with Crippen molar-refractivity contribution in [3.05, 3.63) is 52.8 Å². The molecule has 2 heterocycles. The van der Waals surface area contributed by atoms with Gasteiger partial charge in [-0.1, -0.05) is 11.3 Å². The highest BCUT2D eigenvalue weighted by atomic mass is 32.1. The molecule has 3 aromatic rings. The van der Waals surface area contributed by atoms with Gasteiger partial charge in [-0.15, -0.1) is 10.2 Å². The lowest BCUT2D eigenvalue weighted by atomic mass is 10.2. The van der Waals surface area contributed by atoms with E-state index in [0.717, 1.165) is 17.0 Å². The van der Waals surface area contributed by atoms with E-state index in [1.54, 1.807) is 24.3 Å². The number of phenols is 1. The van der Waals surface area contributed by atoms with Gasteiger partial charge in [0, 0.05) is 11.3 Å². The van der Waals surface area contributed by atoms with Crippen LogP contribution >= 0.6 is 11.3 Å². The molecule has 0 saturated carbocycles. The Bertz CT molecular complexity index is 1070. The summed E-state index contributed by atoms with van der Waals surface area (Å²) in [5.41, 5.74) is 3.07. The van der Waals surface area contributed by atoms with Gasteiger partial charge in [-0.05, 0) is 50.2 Å². The molecule has 0 atom stereocenters. The number of carbonyl (C=O) groups is 1. The van der Waals surface area contributed by atoms with E-state index < -0.39 is 5.91 Å². The number of nitrogens with two attached hydrogens (primary N) is 1. The third-order valence-electron chi connectivity index (χ3n) is 3.88. The molecule has 0 aliphatic rings. The SMILES string of the molecule is Cc1ccc(N=C/C(=N\N)C(=O)NCc2nnc(-c3ccc(O)cc3)s2)c(C)n1. The number of nitrogens with one attached hydrogen (secondary N) is 1. The standard InChI is InChI=1S/C19H19N7O2S/c1-11-3-8-15(12(2)23-11)21-9-16(24-20)18(28)22-10-17-25-26-19(29-17)13-4-6-14(27)7-5-13/h3-9,27H,10,20H2,1-2H3,(H,22,28)/b21-9?,24-16+. The molecule has 0 bridgehead atoms. The fraction of sp³-hybridized carbons (Fsp3) is 0.158. The maximum Gasteiger partial charge on any atom is 0.273 e. The summed E-state index contributed by atoms with van der Waals surface area (Å²) < 4.78 is 0. The largest absolute Gasteiger partial charge is 0.508 e. The summed E-state index contributed by atoms with van der Waals surface area (Å²) in [4.78, 5) is 20.9. The van der Waals surface area contributed by atoms with Crippen molar-refractivity contribution in [3.63, 3.8) is 0 Å². The zero-order chi connectivity index (χ0) is 20.8. The molecule has 0 fully saturated rings. The van der Waals surface area contributed by atoms with Crippen molar-refractivity contribution in [1.82, 2.24) is 20.5 Å². The molecule has 1 amide bonds. The van der Waals surface area contributed by atoms with Crippen LogP contribution in [-0.4, -0.2) is 38.1 Å². The van der Waals surface area contributed by atoms with Crippen LogP contribution < -0.4 is 11.2 Å². The summed E-state index contributed by atoms with van der Waals surface area (Å²) in [6, 6.07) is 10.3. The number of pyridine rings is 1. The first kappa shape index (κ1) is 20.1. The summed E-state index contributed by atoms with van der Waals surface area (Å²) in [6.45, 7) is 3.90. The van der Waals surface area contributed by atoms with Gasteiger partial charge in [0.25, 0.3) is 5.91 Å². The van der Waals surface area contributed by atoms with Gasteiger partial charge in [0.15, 0.2) is 5.71 Å². The Kier molecular flexibility index (Phi) is 6.25. The van der Waals surface area contributed by atoms with Gasteiger partial charge in [0.1, 0.15) is 15.8 Å². The van der Waals surface area contributed by atoms with Crippen molar-refractivity contribution in [2.75, 3.05) is 0 Å². The van der Waals surface area contributed by atoms with E-state index in [4.69, 9.17) is 5.84 Å². The van der Waals surface area contributed by atoms with Gasteiger partial charge in [0.2, 0.25) is 0 Å². The number of phenolic OH excluding ortho intramolecular Hbond substituents is 1. The smallest absolute Gasteiger partial charge is 0.273 e. The number of hydrazone groups is 1. The monoisotopic (exact) mass is 409 g/mol. The van der Waals surface area contributed by atoms with Gasteiger partial charge < -0.3 is 16.3 Å². The van der Waals surface area contributed by atoms with Crippen LogP contribution in [0.2, 0.25) is 0 Å². The van der Waals surface area contributed by atoms with Crippen LogP contribution in [0.25, 0.3) is 10.6 Å². The van der Waals surface area contributed by atoms with Gasteiger partial charge in [-0.25, -0.2) is 0 Å². The molecule has 10 heteroatoms. The maximum absolute atomic E-state index is 12.3. The third-order valence-corrected chi connectivity index (χ3v) is 4.85. The number of carbonyl (C=O) groups excluding carboxylic acids is 1. The van der Waals surface area contributed by atoms with Gasteiger partial charge >= 0.3 is 0 Å². The highest BCUT2D eigenvalue weighted by molar-refractivity contribution is 7.14. The molecule has 0 radical (unpaired) electrons. The quantitative estimate of drug-likeness (QED) is 0.324. The number of amides is 1. The molecule has 0 aliphatic heterocycles. The Balaban J connectivity index is 1.62. The molecular formula is C19H19N7O2S. The Morgan fingerprint density at radius 2 is 1.97 bits per heavy atom. The lowest BCUT2D eigenvalue weighted by Gasteiger charge is -2.03. The highest BCUT2D eigenvalue weighted by Gasteiger charge is 2.12. The van der Waals surface area contributed by atoms with Gasteiger partial charge in [-0.3, -0.25) is 14.8 Å². The lowest BCUT2D eigenvalue weighted by molar-refractivity contribution is -0.114. The van der Waals surface area contributed by atoms with Crippen LogP contribution in [0.5, 0.6) is 5.75 Å². The van der Waals surface area contributed by atoms with Crippen LogP contribution in [0.3, 0.4) is 0 Å². The average Bonchev–Trinajstić information content (AvgIpc) is 3.18. The normalized spacial score (nSPS) is 11.7. The number of benzene rings is 1. The predicted octanol–water partition coefficient (Wildman–Crippen LogP) is 2.26. The minimum Gasteiger partial charge on any atom is -0.508 e. The Hall–Kier alpha value is -3.66. The number of aryl methyl sites for hydroxylation is 2. The minimum atomic E-state index is -0.477. The Labute approximate surface area is 171 Å². The number of aliphatic imine (C=N–C) groups is 1. The van der Waals surface area contributed by atoms with Crippen molar-refractivity contribution in [2.45, 2.75) is 20.4 Å². The molecule has 0 unspecified atom stereocenters. The average molecular weight is 409 g/mol. The molecule has 4 N–H and O–H groups in total. The molecule has 0 aliphatic carbocycles. The summed E-state index contributed by atoms with van der Waals surface area (Å²) in [7, 11) is 0. The van der Waals surface area contributed by atoms with Crippen LogP contribution in [0.1, 0.15) is 16.4 Å². The maximum atomic E-state index is 12.3. The lowest BCUT2D eigenvalue weighted by Crippen LogP contribution is -2.32. The van der Waals surface area contributed by atoms with E-state index >= 15 is 0 Å². The summed E-state index contributed by atoms with van der Waals surface area (Å²) in [6.07, 6.45) is 1.30. The van der Waals surface area contributed by atoms with Gasteiger partial charge in [-0.2, -0.15) is 5.10 Å². The van der Waals surface area contributed by atoms with E-state index in [-0.39, 0.29) is 18.0 Å². The molecule has 2 aromatic heterocycles. The number of nitrogens with zero attached hydrogens (tertiary/aromatic N) is 5. The molecular weight excluding hydrogens is 390 g/mol. The number of hydrogen-bond acceptors (Lipinski definition) is 9. The van der Waals surface area contributed by atoms with Crippen molar-refractivity contribution < 1.29 is 9.90 Å². The minimum absolute atomic E-state index is 0.0201. The highest BCUT2D eigenvalue weighted by Crippen LogP contribution is 2.25. The van der Waals surface area contributed by atoms with Gasteiger partial charge in [0.05, 0.1) is 24.1 Å². The molecule has 0 saturated heterocycles. The Morgan fingerprint density at radius 1 is 1.21 bits per heavy atom. The Morgan fingerprint density at radius 3 is 2.66 bits per heavy atom. The van der Waals surface area contributed by atoms with Crippen molar-refractivity contribution in [1.29, 1.82) is 0 Å². The van der Waals surface area contributed by atoms with Crippen LogP contribution in [0.15, 0.2) is 46.5 Å². The van der Waals surface area contributed by atoms with Crippen molar-refractivity contribution >= 4 is 34.9 Å². The second-order valence-electron chi connectivity index (χ2n) is 6.06. The molecule has 0 spiro atoms. The van der Waals surface area contributed by atoms with Crippen molar-refractivity contribution in [2.24, 2.45) is 15.9 Å². The summed E-state index contributed by atoms with van der Waals surface area (Å²) in [5, 5.41) is 25.0. The molecule has 148 valence electrons. The number of aromatic hydroxyl groups is 1. The summed E-state index contributed by atoms with van der Waals surface area (Å²) in [5.74, 6) is 5.04.